The van der Waals surface area contributed by atoms with E-state index in [1.165, 1.54) is 19.4 Å². The van der Waals surface area contributed by atoms with Gasteiger partial charge in [-0.05, 0) is 30.9 Å². The first-order valence-electron chi connectivity index (χ1n) is 9.18. The van der Waals surface area contributed by atoms with Gasteiger partial charge in [0.25, 0.3) is 0 Å². The monoisotopic (exact) mass is 336 g/mol. The lowest BCUT2D eigenvalue weighted by atomic mass is 9.96. The number of rotatable bonds is 3. The van der Waals surface area contributed by atoms with Crippen molar-refractivity contribution >= 4 is 16.7 Å². The highest BCUT2D eigenvalue weighted by atomic mass is 16.5. The molecule has 5 nitrogen and oxygen atoms in total. The number of aromatic nitrogens is 1. The van der Waals surface area contributed by atoms with E-state index in [9.17, 15) is 5.26 Å². The fraction of sp³-hybridized carbons (Fsp3) is 0.500. The summed E-state index contributed by atoms with van der Waals surface area (Å²) in [4.78, 5) is 9.67. The molecule has 0 N–H and O–H groups in total. The third-order valence-corrected chi connectivity index (χ3v) is 5.38. The van der Waals surface area contributed by atoms with Gasteiger partial charge in [0.05, 0.1) is 30.4 Å². The van der Waals surface area contributed by atoms with Crippen molar-refractivity contribution in [2.75, 3.05) is 50.8 Å². The van der Waals surface area contributed by atoms with Gasteiger partial charge < -0.3 is 9.64 Å². The van der Waals surface area contributed by atoms with Crippen LogP contribution >= 0.6 is 0 Å². The van der Waals surface area contributed by atoms with Crippen LogP contribution < -0.4 is 4.90 Å². The van der Waals surface area contributed by atoms with Crippen LogP contribution in [0.3, 0.4) is 0 Å². The molecular weight excluding hydrogens is 312 g/mol. The fourth-order valence-corrected chi connectivity index (χ4v) is 3.91. The number of nitriles is 1. The minimum Gasteiger partial charge on any atom is -0.379 e. The van der Waals surface area contributed by atoms with Gasteiger partial charge in [0.15, 0.2) is 0 Å². The van der Waals surface area contributed by atoms with Crippen molar-refractivity contribution in [3.8, 4) is 6.07 Å². The Hall–Kier alpha value is -2.16. The summed E-state index contributed by atoms with van der Waals surface area (Å²) in [5, 5.41) is 10.4. The molecule has 0 radical (unpaired) electrons. The molecule has 2 aliphatic heterocycles. The molecule has 0 aliphatic carbocycles. The van der Waals surface area contributed by atoms with E-state index >= 15 is 0 Å². The summed E-state index contributed by atoms with van der Waals surface area (Å²) < 4.78 is 5.44. The Morgan fingerprint density at radius 1 is 1.12 bits per heavy atom. The van der Waals surface area contributed by atoms with E-state index in [4.69, 9.17) is 9.72 Å². The van der Waals surface area contributed by atoms with Crippen molar-refractivity contribution in [2.45, 2.75) is 12.8 Å². The number of para-hydroxylation sites is 1. The number of hydrogen-bond donors (Lipinski definition) is 0. The molecule has 3 heterocycles. The summed E-state index contributed by atoms with van der Waals surface area (Å²) in [6.07, 6.45) is 2.38. The lowest BCUT2D eigenvalue weighted by Gasteiger charge is -2.36. The first-order chi connectivity index (χ1) is 12.3. The van der Waals surface area contributed by atoms with Crippen molar-refractivity contribution in [1.82, 2.24) is 9.88 Å². The molecule has 1 aromatic carbocycles. The fourth-order valence-electron chi connectivity index (χ4n) is 3.91. The average Bonchev–Trinajstić information content (AvgIpc) is 2.68. The van der Waals surface area contributed by atoms with Gasteiger partial charge in [-0.2, -0.15) is 5.26 Å². The van der Waals surface area contributed by atoms with Crippen molar-refractivity contribution in [1.29, 1.82) is 5.26 Å². The summed E-state index contributed by atoms with van der Waals surface area (Å²) in [5.74, 6) is 1.70. The van der Waals surface area contributed by atoms with Gasteiger partial charge >= 0.3 is 0 Å². The second kappa shape index (κ2) is 7.38. The van der Waals surface area contributed by atoms with Crippen LogP contribution in [0.15, 0.2) is 30.3 Å². The third kappa shape index (κ3) is 3.60. The Morgan fingerprint density at radius 3 is 2.64 bits per heavy atom. The molecule has 5 heteroatoms. The molecule has 0 spiro atoms. The normalized spacial score (nSPS) is 19.9. The molecular formula is C20H24N4O. The molecule has 2 aromatic rings. The Morgan fingerprint density at radius 2 is 1.88 bits per heavy atom. The molecule has 2 aliphatic rings. The van der Waals surface area contributed by atoms with Gasteiger partial charge in [-0.25, -0.2) is 4.98 Å². The third-order valence-electron chi connectivity index (χ3n) is 5.38. The predicted octanol–water partition coefficient (Wildman–Crippen LogP) is 2.66. The quantitative estimate of drug-likeness (QED) is 0.862. The average molecular weight is 336 g/mol. The van der Waals surface area contributed by atoms with E-state index in [2.05, 4.69) is 15.9 Å². The van der Waals surface area contributed by atoms with Crippen LogP contribution in [-0.4, -0.2) is 55.8 Å². The molecule has 0 amide bonds. The van der Waals surface area contributed by atoms with Crippen LogP contribution in [0.1, 0.15) is 18.4 Å². The zero-order valence-corrected chi connectivity index (χ0v) is 14.5. The van der Waals surface area contributed by atoms with Crippen LogP contribution in [0, 0.1) is 17.2 Å². The molecule has 0 saturated carbocycles. The zero-order valence-electron chi connectivity index (χ0n) is 14.5. The number of piperidine rings is 1. The number of anilines is 1. The van der Waals surface area contributed by atoms with E-state index < -0.39 is 0 Å². The maximum Gasteiger partial charge on any atom is 0.130 e. The number of pyridine rings is 1. The Kier molecular flexibility index (Phi) is 4.82. The minimum absolute atomic E-state index is 0.719. The molecule has 4 rings (SSSR count). The number of ether oxygens (including phenoxy) is 1. The van der Waals surface area contributed by atoms with E-state index in [0.717, 1.165) is 67.6 Å². The second-order valence-corrected chi connectivity index (χ2v) is 7.00. The van der Waals surface area contributed by atoms with Crippen LogP contribution in [0.25, 0.3) is 10.9 Å². The highest BCUT2D eigenvalue weighted by Crippen LogP contribution is 2.26. The standard InChI is InChI=1S/C20H24N4O/c21-14-17-13-20(22-19-4-2-1-3-18(17)19)24-7-5-16(6-8-24)15-23-9-11-25-12-10-23/h1-4,13,16H,5-12,15H2. The van der Waals surface area contributed by atoms with Gasteiger partial charge in [-0.15, -0.1) is 0 Å². The van der Waals surface area contributed by atoms with E-state index in [-0.39, 0.29) is 0 Å². The number of hydrogen-bond acceptors (Lipinski definition) is 5. The highest BCUT2D eigenvalue weighted by Gasteiger charge is 2.23. The van der Waals surface area contributed by atoms with E-state index in [1.54, 1.807) is 0 Å². The van der Waals surface area contributed by atoms with Crippen molar-refractivity contribution in [3.05, 3.63) is 35.9 Å². The smallest absolute Gasteiger partial charge is 0.130 e. The molecule has 0 atom stereocenters. The SMILES string of the molecule is N#Cc1cc(N2CCC(CN3CCOCC3)CC2)nc2ccccc12. The van der Waals surface area contributed by atoms with Crippen LogP contribution in [0.4, 0.5) is 5.82 Å². The molecule has 25 heavy (non-hydrogen) atoms. The zero-order chi connectivity index (χ0) is 17.1. The van der Waals surface area contributed by atoms with Gasteiger partial charge in [-0.1, -0.05) is 18.2 Å². The molecule has 2 fully saturated rings. The van der Waals surface area contributed by atoms with Crippen molar-refractivity contribution < 1.29 is 4.74 Å². The maximum atomic E-state index is 9.47. The van der Waals surface area contributed by atoms with E-state index in [1.807, 2.05) is 30.3 Å². The molecule has 1 aromatic heterocycles. The topological polar surface area (TPSA) is 52.4 Å². The minimum atomic E-state index is 0.719. The molecule has 130 valence electrons. The van der Waals surface area contributed by atoms with Gasteiger partial charge in [0.2, 0.25) is 0 Å². The summed E-state index contributed by atoms with van der Waals surface area (Å²) in [6, 6.07) is 12.2. The van der Waals surface area contributed by atoms with Crippen LogP contribution in [0.5, 0.6) is 0 Å². The number of fused-ring (bicyclic) bond motifs is 1. The molecule has 0 unspecified atom stereocenters. The van der Waals surface area contributed by atoms with Crippen LogP contribution in [0.2, 0.25) is 0 Å². The van der Waals surface area contributed by atoms with Crippen molar-refractivity contribution in [2.24, 2.45) is 5.92 Å². The first kappa shape index (κ1) is 16.3. The lowest BCUT2D eigenvalue weighted by molar-refractivity contribution is 0.0289. The van der Waals surface area contributed by atoms with Gasteiger partial charge in [0.1, 0.15) is 5.82 Å². The Labute approximate surface area is 148 Å². The Bertz CT molecular complexity index is 771. The Balaban J connectivity index is 1.44. The molecule has 2 saturated heterocycles. The highest BCUT2D eigenvalue weighted by molar-refractivity contribution is 5.86. The largest absolute Gasteiger partial charge is 0.379 e. The molecule has 0 bridgehead atoms. The second-order valence-electron chi connectivity index (χ2n) is 7.00. The maximum absolute atomic E-state index is 9.47. The van der Waals surface area contributed by atoms with Crippen LogP contribution in [-0.2, 0) is 4.74 Å². The summed E-state index contributed by atoms with van der Waals surface area (Å²) in [6.45, 7) is 7.10. The van der Waals surface area contributed by atoms with Gasteiger partial charge in [-0.3, -0.25) is 4.90 Å². The summed E-state index contributed by atoms with van der Waals surface area (Å²) >= 11 is 0. The summed E-state index contributed by atoms with van der Waals surface area (Å²) in [5.41, 5.74) is 1.63. The number of nitrogens with zero attached hydrogens (tertiary/aromatic N) is 4. The van der Waals surface area contributed by atoms with Crippen molar-refractivity contribution in [3.63, 3.8) is 0 Å². The number of morpholine rings is 1. The summed E-state index contributed by atoms with van der Waals surface area (Å²) in [7, 11) is 0. The lowest BCUT2D eigenvalue weighted by Crippen LogP contribution is -2.43. The first-order valence-corrected chi connectivity index (χ1v) is 9.18. The van der Waals surface area contributed by atoms with Gasteiger partial charge in [0, 0.05) is 38.1 Å². The number of benzene rings is 1. The van der Waals surface area contributed by atoms with E-state index in [0.29, 0.717) is 0 Å². The predicted molar refractivity (Wildman–Crippen MR) is 98.7 cm³/mol.